The smallest absolute Gasteiger partial charge is 0.210 e. The third-order valence-electron chi connectivity index (χ3n) is 5.80. The highest BCUT2D eigenvalue weighted by molar-refractivity contribution is 7.10. The van der Waals surface area contributed by atoms with Gasteiger partial charge in [-0.2, -0.15) is 4.58 Å². The number of benzene rings is 2. The van der Waals surface area contributed by atoms with Crippen molar-refractivity contribution in [3.63, 3.8) is 0 Å². The van der Waals surface area contributed by atoms with Crippen molar-refractivity contribution in [2.75, 3.05) is 7.05 Å². The van der Waals surface area contributed by atoms with Gasteiger partial charge in [0.05, 0.1) is 11.7 Å². The number of allylic oxidation sites excluding steroid dienone is 1. The Morgan fingerprint density at radius 1 is 1.00 bits per heavy atom. The van der Waals surface area contributed by atoms with Crippen molar-refractivity contribution in [1.29, 1.82) is 0 Å². The highest BCUT2D eigenvalue weighted by Gasteiger charge is 2.48. The maximum absolute atomic E-state index is 5.77. The monoisotopic (exact) mass is 384 g/mol. The average Bonchev–Trinajstić information content (AvgIpc) is 3.44. The molecule has 138 valence electrons. The number of furan rings is 1. The van der Waals surface area contributed by atoms with Gasteiger partial charge < -0.3 is 4.42 Å². The molecule has 1 aliphatic heterocycles. The lowest BCUT2D eigenvalue weighted by atomic mass is 9.74. The van der Waals surface area contributed by atoms with E-state index < -0.39 is 0 Å². The molecule has 2 aromatic heterocycles. The van der Waals surface area contributed by atoms with E-state index in [-0.39, 0.29) is 5.41 Å². The van der Waals surface area contributed by atoms with Crippen LogP contribution < -0.4 is 0 Å². The Balaban J connectivity index is 1.72. The number of hydrogen-bond acceptors (Lipinski definition) is 2. The van der Waals surface area contributed by atoms with Crippen LogP contribution in [0.1, 0.15) is 23.1 Å². The van der Waals surface area contributed by atoms with Crippen LogP contribution in [0.3, 0.4) is 0 Å². The number of thiophene rings is 1. The van der Waals surface area contributed by atoms with E-state index in [4.69, 9.17) is 4.42 Å². The van der Waals surface area contributed by atoms with Crippen LogP contribution >= 0.6 is 11.3 Å². The molecule has 1 atom stereocenters. The zero-order chi connectivity index (χ0) is 19.1. The van der Waals surface area contributed by atoms with E-state index in [1.165, 1.54) is 32.6 Å². The largest absolute Gasteiger partial charge is 0.469 e. The molecule has 0 aliphatic carbocycles. The van der Waals surface area contributed by atoms with E-state index in [0.29, 0.717) is 0 Å². The maximum Gasteiger partial charge on any atom is 0.210 e. The zero-order valence-corrected chi connectivity index (χ0v) is 16.9. The molecule has 4 aromatic rings. The van der Waals surface area contributed by atoms with E-state index in [1.807, 2.05) is 6.07 Å². The van der Waals surface area contributed by atoms with Crippen molar-refractivity contribution in [3.8, 4) is 0 Å². The number of nitrogens with zero attached hydrogens (tertiary/aromatic N) is 1. The molecule has 0 spiro atoms. The summed E-state index contributed by atoms with van der Waals surface area (Å²) >= 11 is 1.76. The first-order valence-electron chi connectivity index (χ1n) is 9.54. The van der Waals surface area contributed by atoms with Gasteiger partial charge in [-0.3, -0.25) is 0 Å². The molecule has 0 fully saturated rings. The summed E-state index contributed by atoms with van der Waals surface area (Å²) in [4.78, 5) is 1.27. The van der Waals surface area contributed by atoms with Crippen molar-refractivity contribution in [1.82, 2.24) is 0 Å². The van der Waals surface area contributed by atoms with Crippen molar-refractivity contribution < 1.29 is 8.99 Å². The molecule has 3 heterocycles. The summed E-state index contributed by atoms with van der Waals surface area (Å²) in [5.41, 5.74) is 3.79. The van der Waals surface area contributed by atoms with Crippen LogP contribution in [-0.2, 0) is 11.8 Å². The summed E-state index contributed by atoms with van der Waals surface area (Å²) in [6.07, 6.45) is 7.10. The molecular weight excluding hydrogens is 362 g/mol. The lowest BCUT2D eigenvalue weighted by Gasteiger charge is -2.22. The molecule has 0 saturated heterocycles. The van der Waals surface area contributed by atoms with E-state index >= 15 is 0 Å². The zero-order valence-electron chi connectivity index (χ0n) is 16.1. The summed E-state index contributed by atoms with van der Waals surface area (Å²) in [5, 5.41) is 4.72. The molecule has 0 N–H and O–H groups in total. The first kappa shape index (κ1) is 17.2. The molecule has 5 rings (SSSR count). The fourth-order valence-electron chi connectivity index (χ4n) is 4.53. The SMILES string of the molecule is C[N+]1=C(/C=C/c2cccs2)C(C)(Cc2ccco2)c2c1ccc1ccccc21. The third kappa shape index (κ3) is 2.66. The topological polar surface area (TPSA) is 16.1 Å². The average molecular weight is 385 g/mol. The quantitative estimate of drug-likeness (QED) is 0.370. The molecule has 0 amide bonds. The Labute approximate surface area is 169 Å². The van der Waals surface area contributed by atoms with Crippen LogP contribution in [0.4, 0.5) is 5.69 Å². The second-order valence-electron chi connectivity index (χ2n) is 7.56. The van der Waals surface area contributed by atoms with Crippen molar-refractivity contribution in [2.24, 2.45) is 0 Å². The van der Waals surface area contributed by atoms with Crippen molar-refractivity contribution in [3.05, 3.63) is 94.6 Å². The summed E-state index contributed by atoms with van der Waals surface area (Å²) in [7, 11) is 2.18. The van der Waals surface area contributed by atoms with Gasteiger partial charge in [0.2, 0.25) is 5.69 Å². The molecule has 2 nitrogen and oxygen atoms in total. The molecule has 0 saturated carbocycles. The second-order valence-corrected chi connectivity index (χ2v) is 8.54. The number of fused-ring (bicyclic) bond motifs is 3. The van der Waals surface area contributed by atoms with Gasteiger partial charge in [0.15, 0.2) is 5.71 Å². The summed E-state index contributed by atoms with van der Waals surface area (Å²) < 4.78 is 8.11. The van der Waals surface area contributed by atoms with Gasteiger partial charge in [-0.25, -0.2) is 0 Å². The van der Waals surface area contributed by atoms with Gasteiger partial charge in [0.1, 0.15) is 12.8 Å². The molecule has 0 bridgehead atoms. The lowest BCUT2D eigenvalue weighted by molar-refractivity contribution is -0.401. The molecule has 3 heteroatoms. The minimum absolute atomic E-state index is 0.170. The lowest BCUT2D eigenvalue weighted by Crippen LogP contribution is -2.33. The van der Waals surface area contributed by atoms with Gasteiger partial charge in [-0.05, 0) is 53.4 Å². The predicted molar refractivity (Wildman–Crippen MR) is 118 cm³/mol. The van der Waals surface area contributed by atoms with E-state index in [2.05, 4.69) is 90.7 Å². The van der Waals surface area contributed by atoms with Gasteiger partial charge in [0, 0.05) is 29.0 Å². The fourth-order valence-corrected chi connectivity index (χ4v) is 5.15. The van der Waals surface area contributed by atoms with Crippen molar-refractivity contribution >= 4 is 39.6 Å². The van der Waals surface area contributed by atoms with E-state index in [1.54, 1.807) is 17.6 Å². The normalized spacial score (nSPS) is 19.1. The van der Waals surface area contributed by atoms with Crippen LogP contribution in [0.2, 0.25) is 0 Å². The van der Waals surface area contributed by atoms with Crippen LogP contribution in [-0.4, -0.2) is 17.3 Å². The standard InChI is InChI=1S/C25H22NOS/c1-25(17-19-8-5-15-27-19)23(14-12-20-9-6-16-28-20)26(2)22-13-11-18-7-3-4-10-21(18)24(22)25/h3-16H,17H2,1-2H3/q+1/b14-12+. The van der Waals surface area contributed by atoms with Gasteiger partial charge in [-0.15, -0.1) is 11.3 Å². The van der Waals surface area contributed by atoms with Gasteiger partial charge in [-0.1, -0.05) is 30.3 Å². The highest BCUT2D eigenvalue weighted by Crippen LogP contribution is 2.45. The number of hydrogen-bond donors (Lipinski definition) is 0. The first-order valence-corrected chi connectivity index (χ1v) is 10.4. The third-order valence-corrected chi connectivity index (χ3v) is 6.64. The Morgan fingerprint density at radius 2 is 1.89 bits per heavy atom. The Bertz CT molecular complexity index is 1200. The Kier molecular flexibility index (Phi) is 4.06. The summed E-state index contributed by atoms with van der Waals surface area (Å²) in [6, 6.07) is 21.5. The molecule has 1 aliphatic rings. The van der Waals surface area contributed by atoms with Crippen LogP contribution in [0.25, 0.3) is 16.8 Å². The molecule has 28 heavy (non-hydrogen) atoms. The molecular formula is C25H22NOS+. The van der Waals surface area contributed by atoms with Gasteiger partial charge >= 0.3 is 0 Å². The molecule has 0 radical (unpaired) electrons. The highest BCUT2D eigenvalue weighted by atomic mass is 32.1. The maximum atomic E-state index is 5.77. The van der Waals surface area contributed by atoms with E-state index in [9.17, 15) is 0 Å². The van der Waals surface area contributed by atoms with Crippen molar-refractivity contribution in [2.45, 2.75) is 18.8 Å². The summed E-state index contributed by atoms with van der Waals surface area (Å²) in [5.74, 6) is 1.01. The Hall–Kier alpha value is -2.91. The fraction of sp³-hybridized carbons (Fsp3) is 0.160. The summed E-state index contributed by atoms with van der Waals surface area (Å²) in [6.45, 7) is 2.35. The van der Waals surface area contributed by atoms with Crippen LogP contribution in [0.15, 0.2) is 82.8 Å². The van der Waals surface area contributed by atoms with Crippen LogP contribution in [0, 0.1) is 0 Å². The minimum atomic E-state index is -0.170. The second kappa shape index (κ2) is 6.61. The first-order chi connectivity index (χ1) is 13.7. The molecule has 1 unspecified atom stereocenters. The van der Waals surface area contributed by atoms with Crippen LogP contribution in [0.5, 0.6) is 0 Å². The van der Waals surface area contributed by atoms with Gasteiger partial charge in [0.25, 0.3) is 0 Å². The molecule has 2 aromatic carbocycles. The van der Waals surface area contributed by atoms with E-state index in [0.717, 1.165) is 12.2 Å². The predicted octanol–water partition coefficient (Wildman–Crippen LogP) is 6.44. The minimum Gasteiger partial charge on any atom is -0.469 e. The Morgan fingerprint density at radius 3 is 2.68 bits per heavy atom. The number of rotatable bonds is 4.